The molecule has 10 heterocycles. The molecule has 0 atom stereocenters. The molecule has 0 unspecified atom stereocenters. The summed E-state index contributed by atoms with van der Waals surface area (Å²) in [6, 6.07) is 49.3. The van der Waals surface area contributed by atoms with E-state index in [4.69, 9.17) is 21.0 Å². The number of nitrogens with two attached hydrogens (primary N) is 1. The summed E-state index contributed by atoms with van der Waals surface area (Å²) in [6.07, 6.45) is 11.6. The zero-order chi connectivity index (χ0) is 56.5. The van der Waals surface area contributed by atoms with E-state index >= 15 is 0 Å². The molecule has 0 aliphatic rings. The van der Waals surface area contributed by atoms with Gasteiger partial charge in [-0.05, 0) is 152 Å². The highest BCUT2D eigenvalue weighted by atomic mass is 79.9. The van der Waals surface area contributed by atoms with Crippen molar-refractivity contribution in [2.45, 2.75) is 0 Å². The summed E-state index contributed by atoms with van der Waals surface area (Å²) < 4.78 is 19.7. The van der Waals surface area contributed by atoms with Crippen LogP contribution in [0.1, 0.15) is 11.1 Å². The Morgan fingerprint density at radius 1 is 0.451 bits per heavy atom. The molecule has 0 fully saturated rings. The summed E-state index contributed by atoms with van der Waals surface area (Å²) in [5.74, 6) is 2.30. The van der Waals surface area contributed by atoms with Crippen LogP contribution in [0.15, 0.2) is 206 Å². The Morgan fingerprint density at radius 3 is 1.39 bits per heavy atom. The molecule has 0 saturated heterocycles. The molecule has 2 N–H and O–H groups in total. The molecule has 10 aromatic heterocycles. The lowest BCUT2D eigenvalue weighted by atomic mass is 10.2. The van der Waals surface area contributed by atoms with Crippen molar-refractivity contribution in [2.24, 2.45) is 0 Å². The van der Waals surface area contributed by atoms with Crippen LogP contribution >= 0.6 is 15.9 Å². The maximum atomic E-state index is 13.4. The average molecular weight is 1150 g/mol. The summed E-state index contributed by atoms with van der Waals surface area (Å²) in [5, 5.41) is 66.4. The van der Waals surface area contributed by atoms with Crippen molar-refractivity contribution in [1.82, 2.24) is 111 Å². The largest absolute Gasteiger partial charge is 0.439 e. The zero-order valence-corrected chi connectivity index (χ0v) is 43.6. The normalized spacial score (nSPS) is 10.3. The van der Waals surface area contributed by atoms with Crippen LogP contribution in [0.2, 0.25) is 0 Å². The molecule has 0 amide bonds. The monoisotopic (exact) mass is 1150 g/mol. The third-order valence-corrected chi connectivity index (χ3v) is 11.4. The molecule has 0 saturated carbocycles. The quantitative estimate of drug-likeness (QED) is 0.128. The zero-order valence-electron chi connectivity index (χ0n) is 42.0. The van der Waals surface area contributed by atoms with Crippen molar-refractivity contribution in [3.05, 3.63) is 223 Å². The molecule has 396 valence electrons. The van der Waals surface area contributed by atoms with Gasteiger partial charge in [0.2, 0.25) is 29.2 Å². The van der Waals surface area contributed by atoms with Gasteiger partial charge < -0.3 is 10.5 Å². The molecule has 0 spiro atoms. The number of hydrogen-bond acceptors (Lipinski definition) is 22. The number of aromatic nitrogens is 22. The molecule has 0 aliphatic heterocycles. The summed E-state index contributed by atoms with van der Waals surface area (Å²) in [5.41, 5.74) is 12.1. The van der Waals surface area contributed by atoms with Crippen molar-refractivity contribution in [3.8, 4) is 92.6 Å². The first kappa shape index (κ1) is 53.2. The highest BCUT2D eigenvalue weighted by molar-refractivity contribution is 9.10. The minimum Gasteiger partial charge on any atom is -0.439 e. The van der Waals surface area contributed by atoms with E-state index in [0.29, 0.717) is 86.0 Å². The van der Waals surface area contributed by atoms with Gasteiger partial charge in [0.15, 0.2) is 0 Å². The minimum absolute atomic E-state index is 0.191. The number of tetrazole rings is 4. The van der Waals surface area contributed by atoms with Gasteiger partial charge in [0.1, 0.15) is 46.1 Å². The van der Waals surface area contributed by atoms with Gasteiger partial charge in [0, 0.05) is 59.5 Å². The Kier molecular flexibility index (Phi) is 16.7. The first-order valence-electron chi connectivity index (χ1n) is 23.9. The van der Waals surface area contributed by atoms with E-state index in [1.165, 1.54) is 26.5 Å². The average Bonchev–Trinajstić information content (AvgIpc) is 4.53. The first-order valence-corrected chi connectivity index (χ1v) is 24.7. The predicted octanol–water partition coefficient (Wildman–Crippen LogP) is 7.71. The van der Waals surface area contributed by atoms with E-state index < -0.39 is 5.82 Å². The molecule has 13 aromatic rings. The fraction of sp³-hybridized carbons (Fsp3) is 0. The summed E-state index contributed by atoms with van der Waals surface area (Å²) in [4.78, 5) is 30.2. The van der Waals surface area contributed by atoms with E-state index in [2.05, 4.69) is 114 Å². The van der Waals surface area contributed by atoms with Gasteiger partial charge in [0.25, 0.3) is 0 Å². The number of halogens is 2. The maximum absolute atomic E-state index is 13.4. The lowest BCUT2D eigenvalue weighted by Crippen LogP contribution is -2.00. The third kappa shape index (κ3) is 13.7. The van der Waals surface area contributed by atoms with E-state index in [0.717, 1.165) is 21.0 Å². The van der Waals surface area contributed by atoms with Gasteiger partial charge >= 0.3 is 0 Å². The highest BCUT2D eigenvalue weighted by Crippen LogP contribution is 2.22. The fourth-order valence-electron chi connectivity index (χ4n) is 6.89. The molecular formula is C54H35BrFN25O. The summed E-state index contributed by atoms with van der Waals surface area (Å²) in [6.45, 7) is 0. The first-order chi connectivity index (χ1) is 40.2. The number of pyridine rings is 6. The van der Waals surface area contributed by atoms with Gasteiger partial charge in [-0.2, -0.15) is 10.5 Å². The lowest BCUT2D eigenvalue weighted by molar-refractivity contribution is 0.462. The number of nitrogens with zero attached hydrogens (tertiary/aromatic N) is 24. The molecule has 3 aromatic carbocycles. The van der Waals surface area contributed by atoms with Crippen LogP contribution in [0, 0.1) is 28.5 Å². The molecule has 0 aliphatic carbocycles. The van der Waals surface area contributed by atoms with Crippen molar-refractivity contribution >= 4 is 21.6 Å². The molecule has 82 heavy (non-hydrogen) atoms. The Balaban J connectivity index is 0.000000123. The third-order valence-electron chi connectivity index (χ3n) is 10.7. The Morgan fingerprint density at radius 2 is 0.939 bits per heavy atom. The van der Waals surface area contributed by atoms with Crippen molar-refractivity contribution in [2.75, 3.05) is 5.73 Å². The number of anilines is 1. The number of nitrogen functional groups attached to an aromatic ring is 1. The van der Waals surface area contributed by atoms with E-state index in [1.807, 2.05) is 72.8 Å². The van der Waals surface area contributed by atoms with Gasteiger partial charge in [-0.1, -0.05) is 30.3 Å². The van der Waals surface area contributed by atoms with E-state index in [-0.39, 0.29) is 5.56 Å². The maximum Gasteiger partial charge on any atom is 0.223 e. The van der Waals surface area contributed by atoms with Gasteiger partial charge in [-0.15, -0.1) is 60.0 Å². The van der Waals surface area contributed by atoms with E-state index in [9.17, 15) is 4.39 Å². The molecule has 28 heteroatoms. The van der Waals surface area contributed by atoms with Crippen LogP contribution in [0.25, 0.3) is 68.8 Å². The standard InChI is InChI=1S/C16H11N7O.C13H7BrN6.C13H7FN6.C12H10N6/c1-2-8-18-14(3-1)16-20-22-23(21-16)12-4-5-15(19-11-12)24-13-6-9-17-10-7-13;14-11-5-4-10(7-9(11)8-15)20-18-13(17-19-20)12-3-1-2-6-16-12;14-10-5-9(8-15)6-11(7-10)20-18-13(17-19-20)12-3-1-2-4-16-12;13-9-4-3-5-10(8-9)18-16-12(15-17-18)11-6-1-2-7-14-11/h1-11H;2*1-7H;1-8H,13H2. The topological polar surface area (TPSA) is 335 Å². The smallest absolute Gasteiger partial charge is 0.223 e. The number of ether oxygens (including phenoxy) is 1. The molecule has 26 nitrogen and oxygen atoms in total. The second kappa shape index (κ2) is 25.8. The number of hydrogen-bond donors (Lipinski definition) is 1. The van der Waals surface area contributed by atoms with Gasteiger partial charge in [0.05, 0.1) is 40.5 Å². The van der Waals surface area contributed by atoms with Gasteiger partial charge in [-0.3, -0.25) is 24.9 Å². The highest BCUT2D eigenvalue weighted by Gasteiger charge is 2.13. The lowest BCUT2D eigenvalue weighted by Gasteiger charge is -2.04. The SMILES string of the molecule is N#Cc1cc(-n2nnc(-c3ccccn3)n2)ccc1Br.N#Cc1cc(F)cc(-n2nnc(-c3ccccn3)n2)c1.Nc1cccc(-n2nnc(-c3ccccn3)n2)c1.c1ccc(-c2nnn(-c3ccc(Oc4ccncc4)nc3)n2)nc1. The Labute approximate surface area is 470 Å². The second-order valence-corrected chi connectivity index (χ2v) is 17.1. The Hall–Kier alpha value is -12.2. The van der Waals surface area contributed by atoms with Crippen LogP contribution in [-0.4, -0.2) is 111 Å². The number of nitriles is 2. The van der Waals surface area contributed by atoms with Crippen LogP contribution in [0.4, 0.5) is 10.1 Å². The van der Waals surface area contributed by atoms with Crippen LogP contribution < -0.4 is 10.5 Å². The number of rotatable bonds is 10. The van der Waals surface area contributed by atoms with Crippen molar-refractivity contribution < 1.29 is 9.13 Å². The van der Waals surface area contributed by atoms with Crippen LogP contribution in [0.3, 0.4) is 0 Å². The molecule has 13 rings (SSSR count). The van der Waals surface area contributed by atoms with Crippen molar-refractivity contribution in [3.63, 3.8) is 0 Å². The van der Waals surface area contributed by atoms with Crippen LogP contribution in [-0.2, 0) is 0 Å². The van der Waals surface area contributed by atoms with Gasteiger partial charge in [-0.25, -0.2) is 9.37 Å². The minimum atomic E-state index is -0.532. The molecule has 0 bridgehead atoms. The summed E-state index contributed by atoms with van der Waals surface area (Å²) in [7, 11) is 0. The second-order valence-electron chi connectivity index (χ2n) is 16.3. The summed E-state index contributed by atoms with van der Waals surface area (Å²) >= 11 is 3.31. The number of benzene rings is 3. The predicted molar refractivity (Wildman–Crippen MR) is 293 cm³/mol. The Bertz CT molecular complexity index is 4270. The van der Waals surface area contributed by atoms with Crippen molar-refractivity contribution in [1.29, 1.82) is 10.5 Å². The molecular weight excluding hydrogens is 1110 g/mol. The van der Waals surface area contributed by atoms with E-state index in [1.54, 1.807) is 116 Å². The van der Waals surface area contributed by atoms with Crippen LogP contribution in [0.5, 0.6) is 11.6 Å². The molecule has 0 radical (unpaired) electrons. The fourth-order valence-corrected chi connectivity index (χ4v) is 7.23.